The van der Waals surface area contributed by atoms with Crippen molar-refractivity contribution in [3.63, 3.8) is 0 Å². The molecule has 1 amide bonds. The molecule has 1 aliphatic rings. The molecule has 10 nitrogen and oxygen atoms in total. The molecule has 2 N–H and O–H groups in total. The second-order valence-electron chi connectivity index (χ2n) is 8.01. The van der Waals surface area contributed by atoms with Crippen molar-refractivity contribution >= 4 is 27.0 Å². The third-order valence-electron chi connectivity index (χ3n) is 5.78. The monoisotopic (exact) mass is 489 g/mol. The quantitative estimate of drug-likeness (QED) is 0.496. The summed E-state index contributed by atoms with van der Waals surface area (Å²) in [7, 11) is -2.30. The molecule has 1 fully saturated rings. The van der Waals surface area contributed by atoms with Gasteiger partial charge in [0.2, 0.25) is 15.9 Å². The number of carbonyl (C=O) groups excluding carboxylic acids is 1. The van der Waals surface area contributed by atoms with Crippen LogP contribution in [-0.4, -0.2) is 50.4 Å². The molecular weight excluding hydrogens is 462 g/mol. The Bertz CT molecular complexity index is 1350. The first-order chi connectivity index (χ1) is 16.3. The average molecular weight is 490 g/mol. The Morgan fingerprint density at radius 2 is 2.06 bits per heavy atom. The number of aromatic amines is 1. The number of carbonyl (C=O) groups is 1. The van der Waals surface area contributed by atoms with E-state index in [2.05, 4.69) is 10.3 Å². The molecule has 1 atom stereocenters. The first-order valence-corrected chi connectivity index (χ1v) is 12.5. The van der Waals surface area contributed by atoms with E-state index in [4.69, 9.17) is 13.9 Å². The van der Waals surface area contributed by atoms with Crippen LogP contribution in [0.4, 0.5) is 0 Å². The summed E-state index contributed by atoms with van der Waals surface area (Å²) in [6.45, 7) is 3.08. The van der Waals surface area contributed by atoms with E-state index in [0.29, 0.717) is 43.0 Å². The molecule has 11 heteroatoms. The molecule has 0 bridgehead atoms. The number of oxazole rings is 1. The molecule has 4 rings (SSSR count). The number of benzene rings is 2. The van der Waals surface area contributed by atoms with Crippen LogP contribution in [0, 0.1) is 5.92 Å². The first kappa shape index (κ1) is 23.8. The summed E-state index contributed by atoms with van der Waals surface area (Å²) in [5.74, 6) is -0.115. The maximum atomic E-state index is 13.2. The minimum Gasteiger partial charge on any atom is -0.493 e. The molecule has 2 aromatic carbocycles. The molecule has 0 spiro atoms. The van der Waals surface area contributed by atoms with Gasteiger partial charge in [-0.1, -0.05) is 6.07 Å². The second-order valence-corrected chi connectivity index (χ2v) is 9.95. The SMILES string of the molecule is CCOc1ccc(CNC(=O)[C@H]2CCCN(S(=O)(=O)c3ccc4[nH]c(=O)oc4c3)C2)cc1OC. The Labute approximate surface area is 196 Å². The molecular formula is C23H27N3O7S. The minimum atomic E-state index is -3.85. The van der Waals surface area contributed by atoms with Crippen LogP contribution in [0.5, 0.6) is 11.5 Å². The van der Waals surface area contributed by atoms with E-state index in [1.54, 1.807) is 19.2 Å². The van der Waals surface area contributed by atoms with Gasteiger partial charge < -0.3 is 19.2 Å². The maximum absolute atomic E-state index is 13.2. The second kappa shape index (κ2) is 9.90. The zero-order valence-corrected chi connectivity index (χ0v) is 19.8. The van der Waals surface area contributed by atoms with Gasteiger partial charge in [-0.25, -0.2) is 13.2 Å². The number of sulfonamides is 1. The van der Waals surface area contributed by atoms with Gasteiger partial charge in [0, 0.05) is 25.7 Å². The highest BCUT2D eigenvalue weighted by Gasteiger charge is 2.33. The van der Waals surface area contributed by atoms with E-state index in [9.17, 15) is 18.0 Å². The lowest BCUT2D eigenvalue weighted by molar-refractivity contribution is -0.126. The highest BCUT2D eigenvalue weighted by molar-refractivity contribution is 7.89. The smallest absolute Gasteiger partial charge is 0.417 e. The van der Waals surface area contributed by atoms with Crippen molar-refractivity contribution in [3.05, 3.63) is 52.5 Å². The predicted octanol–water partition coefficient (Wildman–Crippen LogP) is 2.25. The number of H-pyrrole nitrogens is 1. The summed E-state index contributed by atoms with van der Waals surface area (Å²) in [5.41, 5.74) is 1.43. The summed E-state index contributed by atoms with van der Waals surface area (Å²) in [5, 5.41) is 2.90. The van der Waals surface area contributed by atoms with Crippen LogP contribution < -0.4 is 20.5 Å². The van der Waals surface area contributed by atoms with Gasteiger partial charge >= 0.3 is 5.76 Å². The van der Waals surface area contributed by atoms with Crippen molar-refractivity contribution in [2.75, 3.05) is 26.8 Å². The molecule has 0 saturated carbocycles. The molecule has 3 aromatic rings. The molecule has 182 valence electrons. The molecule has 1 aromatic heterocycles. The van der Waals surface area contributed by atoms with Crippen LogP contribution in [0.3, 0.4) is 0 Å². The van der Waals surface area contributed by atoms with Crippen LogP contribution in [0.15, 0.2) is 50.5 Å². The zero-order chi connectivity index (χ0) is 24.3. The van der Waals surface area contributed by atoms with Gasteiger partial charge in [-0.2, -0.15) is 4.31 Å². The Balaban J connectivity index is 1.42. The summed E-state index contributed by atoms with van der Waals surface area (Å²) >= 11 is 0. The van der Waals surface area contributed by atoms with Crippen LogP contribution >= 0.6 is 0 Å². The van der Waals surface area contributed by atoms with Gasteiger partial charge in [-0.05, 0) is 49.6 Å². The Hall–Kier alpha value is -3.31. The highest BCUT2D eigenvalue weighted by atomic mass is 32.2. The number of hydrogen-bond donors (Lipinski definition) is 2. The number of piperidine rings is 1. The van der Waals surface area contributed by atoms with E-state index in [1.165, 1.54) is 22.5 Å². The maximum Gasteiger partial charge on any atom is 0.417 e. The number of nitrogens with zero attached hydrogens (tertiary/aromatic N) is 1. The summed E-state index contributed by atoms with van der Waals surface area (Å²) < 4.78 is 43.5. The van der Waals surface area contributed by atoms with Gasteiger partial charge in [-0.15, -0.1) is 0 Å². The number of rotatable bonds is 8. The van der Waals surface area contributed by atoms with Gasteiger partial charge in [0.05, 0.1) is 30.0 Å². The van der Waals surface area contributed by atoms with Gasteiger partial charge in [0.1, 0.15) is 0 Å². The van der Waals surface area contributed by atoms with Crippen molar-refractivity contribution in [1.82, 2.24) is 14.6 Å². The van der Waals surface area contributed by atoms with E-state index in [1.807, 2.05) is 13.0 Å². The van der Waals surface area contributed by atoms with E-state index < -0.39 is 21.7 Å². The summed E-state index contributed by atoms with van der Waals surface area (Å²) in [4.78, 5) is 26.7. The topological polar surface area (TPSA) is 131 Å². The van der Waals surface area contributed by atoms with E-state index >= 15 is 0 Å². The molecule has 1 saturated heterocycles. The molecule has 2 heterocycles. The minimum absolute atomic E-state index is 0.0188. The first-order valence-electron chi connectivity index (χ1n) is 11.0. The third-order valence-corrected chi connectivity index (χ3v) is 7.64. The van der Waals surface area contributed by atoms with Crippen molar-refractivity contribution in [1.29, 1.82) is 0 Å². The van der Waals surface area contributed by atoms with Gasteiger partial charge in [-0.3, -0.25) is 9.78 Å². The highest BCUT2D eigenvalue weighted by Crippen LogP contribution is 2.29. The van der Waals surface area contributed by atoms with Crippen LogP contribution in [-0.2, 0) is 21.4 Å². The molecule has 0 unspecified atom stereocenters. The van der Waals surface area contributed by atoms with E-state index in [-0.39, 0.29) is 29.5 Å². The number of methoxy groups -OCH3 is 1. The van der Waals surface area contributed by atoms with Crippen LogP contribution in [0.1, 0.15) is 25.3 Å². The van der Waals surface area contributed by atoms with Crippen molar-refractivity contribution in [2.24, 2.45) is 5.92 Å². The number of aromatic nitrogens is 1. The number of hydrogen-bond acceptors (Lipinski definition) is 7. The Morgan fingerprint density at radius 1 is 1.24 bits per heavy atom. The fraction of sp³-hybridized carbons (Fsp3) is 0.391. The lowest BCUT2D eigenvalue weighted by Gasteiger charge is -2.31. The summed E-state index contributed by atoms with van der Waals surface area (Å²) in [6.07, 6.45) is 1.16. The average Bonchev–Trinajstić information content (AvgIpc) is 3.22. The van der Waals surface area contributed by atoms with Crippen LogP contribution in [0.25, 0.3) is 11.1 Å². The number of ether oxygens (including phenoxy) is 2. The number of nitrogens with one attached hydrogen (secondary N) is 2. The summed E-state index contributed by atoms with van der Waals surface area (Å²) in [6, 6.07) is 9.69. The van der Waals surface area contributed by atoms with Gasteiger partial charge in [0.25, 0.3) is 0 Å². The lowest BCUT2D eigenvalue weighted by Crippen LogP contribution is -2.45. The largest absolute Gasteiger partial charge is 0.493 e. The van der Waals surface area contributed by atoms with Crippen LogP contribution in [0.2, 0.25) is 0 Å². The fourth-order valence-electron chi connectivity index (χ4n) is 4.04. The Morgan fingerprint density at radius 3 is 2.82 bits per heavy atom. The standard InChI is InChI=1S/C23H27N3O7S/c1-3-32-19-9-6-15(11-21(19)31-2)13-24-22(27)16-5-4-10-26(14-16)34(29,30)17-7-8-18-20(12-17)33-23(28)25-18/h6-9,11-12,16H,3-5,10,13-14H2,1-2H3,(H,24,27)(H,25,28)/t16-/m0/s1. The molecule has 0 radical (unpaired) electrons. The molecule has 0 aliphatic carbocycles. The van der Waals surface area contributed by atoms with Gasteiger partial charge in [0.15, 0.2) is 17.1 Å². The zero-order valence-electron chi connectivity index (χ0n) is 19.0. The normalized spacial score (nSPS) is 16.9. The number of fused-ring (bicyclic) bond motifs is 1. The fourth-order valence-corrected chi connectivity index (χ4v) is 5.58. The van der Waals surface area contributed by atoms with Crippen molar-refractivity contribution in [3.8, 4) is 11.5 Å². The predicted molar refractivity (Wildman–Crippen MR) is 124 cm³/mol. The lowest BCUT2D eigenvalue weighted by atomic mass is 9.98. The molecule has 34 heavy (non-hydrogen) atoms. The Kier molecular flexibility index (Phi) is 6.94. The third kappa shape index (κ3) is 4.95. The molecule has 1 aliphatic heterocycles. The van der Waals surface area contributed by atoms with Crippen molar-refractivity contribution < 1.29 is 27.1 Å². The van der Waals surface area contributed by atoms with E-state index in [0.717, 1.165) is 5.56 Å². The van der Waals surface area contributed by atoms with Crippen molar-refractivity contribution in [2.45, 2.75) is 31.2 Å². The number of amides is 1.